The van der Waals surface area contributed by atoms with Gasteiger partial charge in [-0.1, -0.05) is 6.92 Å². The molecule has 1 aliphatic carbocycles. The van der Waals surface area contributed by atoms with E-state index < -0.39 is 0 Å². The van der Waals surface area contributed by atoms with E-state index in [0.29, 0.717) is 12.1 Å². The van der Waals surface area contributed by atoms with Crippen LogP contribution >= 0.6 is 11.3 Å². The van der Waals surface area contributed by atoms with E-state index in [-0.39, 0.29) is 0 Å². The molecule has 0 amide bonds. The van der Waals surface area contributed by atoms with Crippen LogP contribution in [0.5, 0.6) is 0 Å². The molecule has 0 aromatic carbocycles. The topological polar surface area (TPSA) is 35.2 Å². The number of nitrogens with two attached hydrogens (primary N) is 1. The third kappa shape index (κ3) is 3.30. The normalized spacial score (nSPS) is 25.9. The van der Waals surface area contributed by atoms with Crippen molar-refractivity contribution in [2.45, 2.75) is 57.8 Å². The smallest absolute Gasteiger partial charge is 0.0813 e. The van der Waals surface area contributed by atoms with Gasteiger partial charge in [0, 0.05) is 15.8 Å². The van der Waals surface area contributed by atoms with E-state index in [9.17, 15) is 0 Å². The van der Waals surface area contributed by atoms with E-state index in [4.69, 9.17) is 10.5 Å². The number of aryl methyl sites for hydroxylation is 1. The fraction of sp³-hybridized carbons (Fsp3) is 0.692. The number of thiophene rings is 1. The van der Waals surface area contributed by atoms with Crippen LogP contribution in [0.1, 0.15) is 42.4 Å². The van der Waals surface area contributed by atoms with Crippen molar-refractivity contribution in [2.75, 3.05) is 0 Å². The van der Waals surface area contributed by atoms with Gasteiger partial charge in [0.1, 0.15) is 0 Å². The Labute approximate surface area is 102 Å². The van der Waals surface area contributed by atoms with E-state index in [1.54, 1.807) is 0 Å². The summed E-state index contributed by atoms with van der Waals surface area (Å²) in [5, 5.41) is 0. The molecule has 2 N–H and O–H groups in total. The minimum absolute atomic E-state index is 0.355. The minimum atomic E-state index is 0.355. The molecule has 1 fully saturated rings. The highest BCUT2D eigenvalue weighted by atomic mass is 32.1. The maximum absolute atomic E-state index is 5.94. The first kappa shape index (κ1) is 12.1. The monoisotopic (exact) mass is 239 g/mol. The van der Waals surface area contributed by atoms with Crippen molar-refractivity contribution in [3.05, 3.63) is 21.9 Å². The SMILES string of the molecule is CCc1ccc(COC2CCCC(N)C2)s1. The molecule has 0 spiro atoms. The summed E-state index contributed by atoms with van der Waals surface area (Å²) in [6.45, 7) is 2.96. The van der Waals surface area contributed by atoms with Gasteiger partial charge >= 0.3 is 0 Å². The number of rotatable bonds is 4. The van der Waals surface area contributed by atoms with E-state index in [1.807, 2.05) is 11.3 Å². The zero-order chi connectivity index (χ0) is 11.4. The molecule has 0 bridgehead atoms. The molecular weight excluding hydrogens is 218 g/mol. The van der Waals surface area contributed by atoms with Crippen LogP contribution in [0, 0.1) is 0 Å². The second kappa shape index (κ2) is 5.80. The van der Waals surface area contributed by atoms with E-state index in [2.05, 4.69) is 19.1 Å². The molecule has 3 heteroatoms. The second-order valence-corrected chi connectivity index (χ2v) is 5.83. The lowest BCUT2D eigenvalue weighted by molar-refractivity contribution is 0.0136. The summed E-state index contributed by atoms with van der Waals surface area (Å²) >= 11 is 1.87. The fourth-order valence-electron chi connectivity index (χ4n) is 2.22. The van der Waals surface area contributed by atoms with Gasteiger partial charge in [0.25, 0.3) is 0 Å². The van der Waals surface area contributed by atoms with Gasteiger partial charge in [-0.2, -0.15) is 0 Å². The Hall–Kier alpha value is -0.380. The third-order valence-corrected chi connectivity index (χ3v) is 4.40. The standard InChI is InChI=1S/C13H21NOS/c1-2-12-6-7-13(16-12)9-15-11-5-3-4-10(14)8-11/h6-7,10-11H,2-5,8-9,14H2,1H3. The van der Waals surface area contributed by atoms with E-state index >= 15 is 0 Å². The van der Waals surface area contributed by atoms with E-state index in [0.717, 1.165) is 19.4 Å². The highest BCUT2D eigenvalue weighted by molar-refractivity contribution is 7.11. The van der Waals surface area contributed by atoms with Gasteiger partial charge in [0.15, 0.2) is 0 Å². The average Bonchev–Trinajstić information content (AvgIpc) is 2.74. The molecule has 2 nitrogen and oxygen atoms in total. The average molecular weight is 239 g/mol. The Kier molecular flexibility index (Phi) is 4.38. The Morgan fingerprint density at radius 3 is 2.88 bits per heavy atom. The van der Waals surface area contributed by atoms with Gasteiger partial charge in [-0.15, -0.1) is 11.3 Å². The van der Waals surface area contributed by atoms with Crippen LogP contribution in [0.2, 0.25) is 0 Å². The molecule has 1 aromatic heterocycles. The summed E-state index contributed by atoms with van der Waals surface area (Å²) in [5.41, 5.74) is 5.94. The van der Waals surface area contributed by atoms with Crippen molar-refractivity contribution in [2.24, 2.45) is 5.73 Å². The lowest BCUT2D eigenvalue weighted by Gasteiger charge is -2.26. The van der Waals surface area contributed by atoms with Crippen LogP contribution in [0.3, 0.4) is 0 Å². The van der Waals surface area contributed by atoms with Gasteiger partial charge < -0.3 is 10.5 Å². The van der Waals surface area contributed by atoms with Crippen molar-refractivity contribution in [1.82, 2.24) is 0 Å². The van der Waals surface area contributed by atoms with Gasteiger partial charge in [-0.3, -0.25) is 0 Å². The van der Waals surface area contributed by atoms with Crippen LogP contribution < -0.4 is 5.73 Å². The van der Waals surface area contributed by atoms with Gasteiger partial charge in [-0.25, -0.2) is 0 Å². The molecule has 1 aromatic rings. The first-order chi connectivity index (χ1) is 7.78. The van der Waals surface area contributed by atoms with Crippen LogP contribution in [-0.2, 0) is 17.8 Å². The zero-order valence-corrected chi connectivity index (χ0v) is 10.8. The Bertz CT molecular complexity index is 323. The number of ether oxygens (including phenoxy) is 1. The highest BCUT2D eigenvalue weighted by Crippen LogP contribution is 2.23. The van der Waals surface area contributed by atoms with Crippen molar-refractivity contribution >= 4 is 11.3 Å². The first-order valence-corrected chi connectivity index (χ1v) is 7.04. The third-order valence-electron chi connectivity index (χ3n) is 3.19. The quantitative estimate of drug-likeness (QED) is 0.876. The molecule has 2 unspecified atom stereocenters. The van der Waals surface area contributed by atoms with Crippen molar-refractivity contribution in [1.29, 1.82) is 0 Å². The molecule has 90 valence electrons. The molecule has 2 atom stereocenters. The Morgan fingerprint density at radius 1 is 1.38 bits per heavy atom. The molecule has 16 heavy (non-hydrogen) atoms. The second-order valence-electron chi connectivity index (χ2n) is 4.58. The molecule has 1 aliphatic rings. The molecule has 1 saturated carbocycles. The van der Waals surface area contributed by atoms with Gasteiger partial charge in [-0.05, 0) is 44.2 Å². The van der Waals surface area contributed by atoms with Crippen LogP contribution in [0.25, 0.3) is 0 Å². The molecule has 0 saturated heterocycles. The predicted molar refractivity (Wildman–Crippen MR) is 68.7 cm³/mol. The summed E-state index contributed by atoms with van der Waals surface area (Å²) in [5.74, 6) is 0. The zero-order valence-electron chi connectivity index (χ0n) is 9.95. The number of hydrogen-bond acceptors (Lipinski definition) is 3. The largest absolute Gasteiger partial charge is 0.373 e. The maximum Gasteiger partial charge on any atom is 0.0813 e. The maximum atomic E-state index is 5.94. The van der Waals surface area contributed by atoms with Crippen molar-refractivity contribution in [3.8, 4) is 0 Å². The lowest BCUT2D eigenvalue weighted by Crippen LogP contribution is -2.32. The summed E-state index contributed by atoms with van der Waals surface area (Å²) in [7, 11) is 0. The van der Waals surface area contributed by atoms with Crippen LogP contribution in [-0.4, -0.2) is 12.1 Å². The van der Waals surface area contributed by atoms with E-state index in [1.165, 1.54) is 29.0 Å². The van der Waals surface area contributed by atoms with Gasteiger partial charge in [0.2, 0.25) is 0 Å². The molecule has 1 heterocycles. The summed E-state index contributed by atoms with van der Waals surface area (Å²) in [4.78, 5) is 2.79. The summed E-state index contributed by atoms with van der Waals surface area (Å²) < 4.78 is 5.93. The first-order valence-electron chi connectivity index (χ1n) is 6.22. The Morgan fingerprint density at radius 2 is 2.19 bits per heavy atom. The van der Waals surface area contributed by atoms with Crippen LogP contribution in [0.4, 0.5) is 0 Å². The van der Waals surface area contributed by atoms with Crippen molar-refractivity contribution < 1.29 is 4.74 Å². The molecular formula is C13H21NOS. The summed E-state index contributed by atoms with van der Waals surface area (Å²) in [6, 6.07) is 4.75. The molecule has 0 radical (unpaired) electrons. The van der Waals surface area contributed by atoms with Crippen molar-refractivity contribution in [3.63, 3.8) is 0 Å². The minimum Gasteiger partial charge on any atom is -0.373 e. The van der Waals surface area contributed by atoms with Gasteiger partial charge in [0.05, 0.1) is 12.7 Å². The van der Waals surface area contributed by atoms with Crippen LogP contribution in [0.15, 0.2) is 12.1 Å². The summed E-state index contributed by atoms with van der Waals surface area (Å²) in [6.07, 6.45) is 6.11. The highest BCUT2D eigenvalue weighted by Gasteiger charge is 2.19. The Balaban J connectivity index is 1.78. The number of hydrogen-bond donors (Lipinski definition) is 1. The molecule has 0 aliphatic heterocycles. The lowest BCUT2D eigenvalue weighted by atomic mass is 9.94. The fourth-order valence-corrected chi connectivity index (χ4v) is 3.10. The molecule has 2 rings (SSSR count). The predicted octanol–water partition coefficient (Wildman–Crippen LogP) is 3.10.